The highest BCUT2D eigenvalue weighted by Gasteiger charge is 1.90. The summed E-state index contributed by atoms with van der Waals surface area (Å²) in [7, 11) is 4.15. The highest BCUT2D eigenvalue weighted by Crippen LogP contribution is 1.99. The van der Waals surface area contributed by atoms with E-state index in [1.807, 2.05) is 6.07 Å². The monoisotopic (exact) mass is 300 g/mol. The van der Waals surface area contributed by atoms with Crippen molar-refractivity contribution < 1.29 is 19.8 Å². The van der Waals surface area contributed by atoms with Crippen molar-refractivity contribution in [2.24, 2.45) is 0 Å². The molecule has 5 N–H and O–H groups in total. The van der Waals surface area contributed by atoms with Crippen molar-refractivity contribution in [3.05, 3.63) is 35.9 Å². The van der Waals surface area contributed by atoms with Crippen molar-refractivity contribution in [3.8, 4) is 0 Å². The Morgan fingerprint density at radius 3 is 1.52 bits per heavy atom. The second-order valence-corrected chi connectivity index (χ2v) is 4.22. The molecule has 0 aromatic heterocycles. The standard InChI is InChI=1S/C9H13N.2C3H6O2.H3N/c1-10(2)8-9-6-4-3-5-7-9;2*1-2-3(4)5;/h3-7H,8H2,1-2H3;2*2H2,1H3,(H,4,5);1H3. The van der Waals surface area contributed by atoms with Crippen LogP contribution < -0.4 is 6.15 Å². The van der Waals surface area contributed by atoms with Crippen molar-refractivity contribution in [2.45, 2.75) is 33.2 Å². The summed E-state index contributed by atoms with van der Waals surface area (Å²) >= 11 is 0. The van der Waals surface area contributed by atoms with Crippen LogP contribution in [0.25, 0.3) is 0 Å². The first-order chi connectivity index (χ1) is 9.33. The summed E-state index contributed by atoms with van der Waals surface area (Å²) in [5.41, 5.74) is 1.37. The zero-order valence-electron chi connectivity index (χ0n) is 13.4. The predicted molar refractivity (Wildman–Crippen MR) is 84.7 cm³/mol. The molecule has 0 aliphatic carbocycles. The molecule has 0 atom stereocenters. The van der Waals surface area contributed by atoms with Crippen LogP contribution >= 0.6 is 0 Å². The second kappa shape index (κ2) is 16.1. The maximum absolute atomic E-state index is 9.37. The van der Waals surface area contributed by atoms with E-state index in [1.165, 1.54) is 5.56 Å². The molecule has 0 aliphatic heterocycles. The van der Waals surface area contributed by atoms with E-state index >= 15 is 0 Å². The van der Waals surface area contributed by atoms with Crippen molar-refractivity contribution in [3.63, 3.8) is 0 Å². The van der Waals surface area contributed by atoms with Gasteiger partial charge in [-0.05, 0) is 19.7 Å². The van der Waals surface area contributed by atoms with E-state index in [2.05, 4.69) is 43.3 Å². The fourth-order valence-electron chi connectivity index (χ4n) is 0.949. The average molecular weight is 300 g/mol. The van der Waals surface area contributed by atoms with Crippen LogP contribution in [0.5, 0.6) is 0 Å². The maximum atomic E-state index is 9.37. The van der Waals surface area contributed by atoms with Gasteiger partial charge in [-0.1, -0.05) is 44.2 Å². The fraction of sp³-hybridized carbons (Fsp3) is 0.467. The summed E-state index contributed by atoms with van der Waals surface area (Å²) in [6, 6.07) is 10.5. The van der Waals surface area contributed by atoms with E-state index in [0.29, 0.717) is 0 Å². The van der Waals surface area contributed by atoms with Gasteiger partial charge < -0.3 is 21.3 Å². The number of carboxylic acid groups (broad SMARTS) is 2. The summed E-state index contributed by atoms with van der Waals surface area (Å²) in [5.74, 6) is -1.49. The molecule has 0 bridgehead atoms. The number of hydrogen-bond acceptors (Lipinski definition) is 4. The predicted octanol–water partition coefficient (Wildman–Crippen LogP) is 2.87. The molecule has 0 saturated heterocycles. The molecule has 0 heterocycles. The summed E-state index contributed by atoms with van der Waals surface area (Å²) in [5, 5.41) is 15.4. The van der Waals surface area contributed by atoms with Crippen molar-refractivity contribution >= 4 is 11.9 Å². The molecule has 1 aromatic carbocycles. The van der Waals surface area contributed by atoms with E-state index in [9.17, 15) is 9.59 Å². The van der Waals surface area contributed by atoms with Gasteiger partial charge in [0, 0.05) is 19.4 Å². The highest BCUT2D eigenvalue weighted by atomic mass is 16.4. The van der Waals surface area contributed by atoms with Gasteiger partial charge in [-0.15, -0.1) is 0 Å². The van der Waals surface area contributed by atoms with Crippen LogP contribution in [0.2, 0.25) is 0 Å². The zero-order valence-corrected chi connectivity index (χ0v) is 13.4. The van der Waals surface area contributed by atoms with E-state index in [-0.39, 0.29) is 19.0 Å². The number of hydrogen-bond donors (Lipinski definition) is 3. The van der Waals surface area contributed by atoms with Crippen LogP contribution in [0.3, 0.4) is 0 Å². The summed E-state index contributed by atoms with van der Waals surface area (Å²) in [6.07, 6.45) is 0.444. The highest BCUT2D eigenvalue weighted by molar-refractivity contribution is 5.66. The Hall–Kier alpha value is -1.92. The largest absolute Gasteiger partial charge is 0.481 e. The summed E-state index contributed by atoms with van der Waals surface area (Å²) in [6.45, 7) is 4.23. The molecule has 0 fully saturated rings. The van der Waals surface area contributed by atoms with Gasteiger partial charge in [0.2, 0.25) is 0 Å². The molecule has 0 amide bonds. The van der Waals surface area contributed by atoms with Crippen molar-refractivity contribution in [1.82, 2.24) is 11.1 Å². The van der Waals surface area contributed by atoms with Gasteiger partial charge >= 0.3 is 11.9 Å². The number of carbonyl (C=O) groups is 2. The smallest absolute Gasteiger partial charge is 0.303 e. The first kappa shape index (κ1) is 24.1. The lowest BCUT2D eigenvalue weighted by atomic mass is 10.2. The summed E-state index contributed by atoms with van der Waals surface area (Å²) < 4.78 is 0. The topological polar surface area (TPSA) is 113 Å². The quantitative estimate of drug-likeness (QED) is 0.788. The van der Waals surface area contributed by atoms with Gasteiger partial charge in [0.25, 0.3) is 0 Å². The van der Waals surface area contributed by atoms with E-state index < -0.39 is 11.9 Å². The maximum Gasteiger partial charge on any atom is 0.303 e. The lowest BCUT2D eigenvalue weighted by molar-refractivity contribution is -0.137. The Morgan fingerprint density at radius 1 is 0.952 bits per heavy atom. The molecule has 21 heavy (non-hydrogen) atoms. The molecule has 1 aromatic rings. The Labute approximate surface area is 127 Å². The molecular weight excluding hydrogens is 272 g/mol. The molecule has 122 valence electrons. The lowest BCUT2D eigenvalue weighted by Gasteiger charge is -2.08. The van der Waals surface area contributed by atoms with Gasteiger partial charge in [0.15, 0.2) is 0 Å². The second-order valence-electron chi connectivity index (χ2n) is 4.22. The van der Waals surface area contributed by atoms with Crippen LogP contribution in [0.1, 0.15) is 32.3 Å². The molecule has 0 unspecified atom stereocenters. The molecule has 0 saturated carbocycles. The van der Waals surface area contributed by atoms with Crippen molar-refractivity contribution in [2.75, 3.05) is 14.1 Å². The lowest BCUT2D eigenvalue weighted by Crippen LogP contribution is -2.10. The third-order valence-corrected chi connectivity index (χ3v) is 1.95. The molecule has 6 nitrogen and oxygen atoms in total. The first-order valence-corrected chi connectivity index (χ1v) is 6.45. The van der Waals surface area contributed by atoms with Crippen molar-refractivity contribution in [1.29, 1.82) is 0 Å². The van der Waals surface area contributed by atoms with Gasteiger partial charge in [-0.3, -0.25) is 9.59 Å². The minimum Gasteiger partial charge on any atom is -0.481 e. The van der Waals surface area contributed by atoms with Gasteiger partial charge in [-0.25, -0.2) is 0 Å². The van der Waals surface area contributed by atoms with E-state index in [4.69, 9.17) is 10.2 Å². The Bertz CT molecular complexity index is 353. The van der Waals surface area contributed by atoms with E-state index in [1.54, 1.807) is 13.8 Å². The molecule has 1 rings (SSSR count). The Morgan fingerprint density at radius 2 is 1.29 bits per heavy atom. The minimum absolute atomic E-state index is 0. The zero-order chi connectivity index (χ0) is 16.0. The fourth-order valence-corrected chi connectivity index (χ4v) is 0.949. The Kier molecular flexibility index (Phi) is 18.5. The minimum atomic E-state index is -0.745. The third-order valence-electron chi connectivity index (χ3n) is 1.95. The van der Waals surface area contributed by atoms with Gasteiger partial charge in [0.1, 0.15) is 0 Å². The number of aliphatic carboxylic acids is 2. The number of benzene rings is 1. The van der Waals surface area contributed by atoms with Gasteiger partial charge in [-0.2, -0.15) is 0 Å². The number of carboxylic acids is 2. The van der Waals surface area contributed by atoms with Crippen LogP contribution in [0.4, 0.5) is 0 Å². The van der Waals surface area contributed by atoms with Crippen LogP contribution in [-0.4, -0.2) is 41.1 Å². The molecule has 0 radical (unpaired) electrons. The van der Waals surface area contributed by atoms with Crippen LogP contribution in [0, 0.1) is 0 Å². The normalized spacial score (nSPS) is 8.43. The average Bonchev–Trinajstić information content (AvgIpc) is 2.40. The third kappa shape index (κ3) is 23.6. The van der Waals surface area contributed by atoms with Crippen LogP contribution in [0.15, 0.2) is 30.3 Å². The van der Waals surface area contributed by atoms with Gasteiger partial charge in [0.05, 0.1) is 0 Å². The Balaban J connectivity index is -0.000000254. The molecule has 0 spiro atoms. The molecular formula is C15H28N2O4. The SMILES string of the molecule is CCC(=O)O.CCC(=O)O.CN(C)Cc1ccccc1.N. The molecule has 0 aliphatic rings. The van der Waals surface area contributed by atoms with E-state index in [0.717, 1.165) is 6.54 Å². The summed E-state index contributed by atoms with van der Waals surface area (Å²) in [4.78, 5) is 20.9. The number of rotatable bonds is 4. The van der Waals surface area contributed by atoms with Crippen LogP contribution in [-0.2, 0) is 16.1 Å². The number of nitrogens with zero attached hydrogens (tertiary/aromatic N) is 1. The first-order valence-electron chi connectivity index (χ1n) is 6.45. The molecule has 6 heteroatoms.